The second-order valence-electron chi connectivity index (χ2n) is 7.76. The molecule has 1 saturated heterocycles. The maximum absolute atomic E-state index is 12.7. The summed E-state index contributed by atoms with van der Waals surface area (Å²) in [4.78, 5) is 27.3. The first-order chi connectivity index (χ1) is 12.1. The number of carbonyl (C=O) groups excluding carboxylic acids is 2. The molecule has 2 heterocycles. The Morgan fingerprint density at radius 3 is 2.81 bits per heavy atom. The molecule has 1 aromatic rings. The number of ketones is 1. The number of carbonyl (C=O) groups is 2. The van der Waals surface area contributed by atoms with Gasteiger partial charge in [0, 0.05) is 0 Å². The Balaban J connectivity index is 0.00000196. The number of fused-ring (bicyclic) bond motifs is 1. The van der Waals surface area contributed by atoms with E-state index >= 15 is 0 Å². The summed E-state index contributed by atoms with van der Waals surface area (Å²) in [6, 6.07) is 3.36. The van der Waals surface area contributed by atoms with E-state index in [0.29, 0.717) is 21.8 Å². The van der Waals surface area contributed by atoms with Gasteiger partial charge >= 0.3 is 0 Å². The van der Waals surface area contributed by atoms with Crippen LogP contribution in [0.15, 0.2) is 12.1 Å². The van der Waals surface area contributed by atoms with E-state index in [1.54, 1.807) is 17.0 Å². The van der Waals surface area contributed by atoms with Crippen molar-refractivity contribution in [2.24, 2.45) is 17.8 Å². The Labute approximate surface area is 163 Å². The molecule has 7 heteroatoms. The molecule has 3 aliphatic rings. The fourth-order valence-corrected chi connectivity index (χ4v) is 6.07. The van der Waals surface area contributed by atoms with Crippen LogP contribution in [-0.2, 0) is 4.79 Å². The van der Waals surface area contributed by atoms with Gasteiger partial charge in [0.25, 0.3) is 0 Å². The summed E-state index contributed by atoms with van der Waals surface area (Å²) in [5.41, 5.74) is 0. The van der Waals surface area contributed by atoms with Crippen molar-refractivity contribution in [2.45, 2.75) is 51.0 Å². The van der Waals surface area contributed by atoms with Crippen LogP contribution >= 0.6 is 22.9 Å². The molecule has 4 atom stereocenters. The molecular formula is C19H27ClN2O3S. The van der Waals surface area contributed by atoms with Crippen molar-refractivity contribution in [1.29, 1.82) is 0 Å². The quantitative estimate of drug-likeness (QED) is 0.773. The van der Waals surface area contributed by atoms with Crippen LogP contribution in [-0.4, -0.2) is 41.3 Å². The number of rotatable bonds is 5. The average molecular weight is 399 g/mol. The van der Waals surface area contributed by atoms with Gasteiger partial charge in [-0.15, -0.1) is 11.3 Å². The number of amides is 1. The van der Waals surface area contributed by atoms with Gasteiger partial charge < -0.3 is 10.4 Å². The maximum Gasteiger partial charge on any atom is 0.241 e. The minimum absolute atomic E-state index is 0. The molecule has 3 N–H and O–H groups in total. The summed E-state index contributed by atoms with van der Waals surface area (Å²) in [6.45, 7) is 0.630. The summed E-state index contributed by atoms with van der Waals surface area (Å²) in [5, 5.41) is 3.34. The van der Waals surface area contributed by atoms with Crippen molar-refractivity contribution in [3.05, 3.63) is 21.3 Å². The van der Waals surface area contributed by atoms with Crippen LogP contribution in [0, 0.1) is 17.8 Å². The predicted octanol–water partition coefficient (Wildman–Crippen LogP) is 3.12. The van der Waals surface area contributed by atoms with E-state index < -0.39 is 0 Å². The number of hydrogen-bond donors (Lipinski definition) is 1. The van der Waals surface area contributed by atoms with Crippen LogP contribution in [0.3, 0.4) is 0 Å². The van der Waals surface area contributed by atoms with Crippen LogP contribution in [0.25, 0.3) is 0 Å². The van der Waals surface area contributed by atoms with E-state index in [1.807, 2.05) is 0 Å². The van der Waals surface area contributed by atoms with Crippen LogP contribution in [0.4, 0.5) is 0 Å². The highest BCUT2D eigenvalue weighted by atomic mass is 35.5. The van der Waals surface area contributed by atoms with Gasteiger partial charge in [-0.25, -0.2) is 0 Å². The molecule has 0 aromatic carbocycles. The molecular weight excluding hydrogens is 372 g/mol. The van der Waals surface area contributed by atoms with Gasteiger partial charge in [-0.2, -0.15) is 0 Å². The normalized spacial score (nSPS) is 31.0. The highest BCUT2D eigenvalue weighted by Crippen LogP contribution is 2.47. The third-order valence-electron chi connectivity index (χ3n) is 6.34. The third kappa shape index (κ3) is 3.98. The Hall–Kier alpha value is -0.950. The average Bonchev–Trinajstić information content (AvgIpc) is 3.31. The van der Waals surface area contributed by atoms with Crippen molar-refractivity contribution in [2.75, 3.05) is 13.2 Å². The fourth-order valence-electron chi connectivity index (χ4n) is 5.09. The van der Waals surface area contributed by atoms with Crippen molar-refractivity contribution in [3.8, 4) is 0 Å². The molecule has 3 fully saturated rings. The van der Waals surface area contributed by atoms with Gasteiger partial charge in [0.05, 0.1) is 28.5 Å². The standard InChI is InChI=1S/C19H25ClN2O2S.H2O/c20-18-8-7-17(25-18)16(23)10-22-11-21-15(19(22)24)9-13-6-5-12-3-1-2-4-14(12)13;/h7-8,12-15,21H,1-6,9-11H2;1H2/t12?,13?,14?,15-;/m0./s1. The van der Waals surface area contributed by atoms with E-state index in [2.05, 4.69) is 5.32 Å². The van der Waals surface area contributed by atoms with Crippen LogP contribution in [0.1, 0.15) is 54.6 Å². The predicted molar refractivity (Wildman–Crippen MR) is 104 cm³/mol. The fraction of sp³-hybridized carbons (Fsp3) is 0.684. The minimum Gasteiger partial charge on any atom is -0.412 e. The minimum atomic E-state index is -0.106. The summed E-state index contributed by atoms with van der Waals surface area (Å²) < 4.78 is 0.607. The molecule has 144 valence electrons. The highest BCUT2D eigenvalue weighted by molar-refractivity contribution is 7.18. The molecule has 1 amide bonds. The number of nitrogens with one attached hydrogen (secondary N) is 1. The lowest BCUT2D eigenvalue weighted by molar-refractivity contribution is -0.128. The largest absolute Gasteiger partial charge is 0.412 e. The molecule has 1 aromatic heterocycles. The second-order valence-corrected chi connectivity index (χ2v) is 9.47. The highest BCUT2D eigenvalue weighted by Gasteiger charge is 2.41. The SMILES string of the molecule is O.O=C(CN1CN[C@@H](CC2CCC3CCCCC32)C1=O)c1ccc(Cl)s1. The van der Waals surface area contributed by atoms with Gasteiger partial charge in [-0.05, 0) is 55.6 Å². The molecule has 2 aliphatic carbocycles. The van der Waals surface area contributed by atoms with E-state index in [4.69, 9.17) is 11.6 Å². The first kappa shape index (κ1) is 19.8. The molecule has 1 aliphatic heterocycles. The van der Waals surface area contributed by atoms with Crippen LogP contribution in [0.5, 0.6) is 0 Å². The smallest absolute Gasteiger partial charge is 0.241 e. The van der Waals surface area contributed by atoms with E-state index in [9.17, 15) is 9.59 Å². The number of halogens is 1. The summed E-state index contributed by atoms with van der Waals surface area (Å²) in [6.07, 6.45) is 9.03. The zero-order valence-electron chi connectivity index (χ0n) is 14.9. The van der Waals surface area contributed by atoms with E-state index in [1.165, 1.54) is 49.9 Å². The van der Waals surface area contributed by atoms with Crippen molar-refractivity contribution in [3.63, 3.8) is 0 Å². The van der Waals surface area contributed by atoms with Crippen molar-refractivity contribution in [1.82, 2.24) is 10.2 Å². The second kappa shape index (κ2) is 8.38. The summed E-state index contributed by atoms with van der Waals surface area (Å²) >= 11 is 7.17. The van der Waals surface area contributed by atoms with Crippen LogP contribution < -0.4 is 5.32 Å². The van der Waals surface area contributed by atoms with Gasteiger partial charge in [-0.3, -0.25) is 14.9 Å². The van der Waals surface area contributed by atoms with Crippen LogP contribution in [0.2, 0.25) is 4.34 Å². The van der Waals surface area contributed by atoms with Gasteiger partial charge in [-0.1, -0.05) is 30.9 Å². The summed E-state index contributed by atoms with van der Waals surface area (Å²) in [5.74, 6) is 2.47. The number of nitrogens with zero attached hydrogens (tertiary/aromatic N) is 1. The molecule has 0 spiro atoms. The maximum atomic E-state index is 12.7. The first-order valence-electron chi connectivity index (χ1n) is 9.42. The lowest BCUT2D eigenvalue weighted by Crippen LogP contribution is -2.35. The van der Waals surface area contributed by atoms with E-state index in [0.717, 1.165) is 18.3 Å². The molecule has 0 bridgehead atoms. The topological polar surface area (TPSA) is 80.9 Å². The third-order valence-corrected chi connectivity index (χ3v) is 7.61. The molecule has 3 unspecified atom stereocenters. The lowest BCUT2D eigenvalue weighted by Gasteiger charge is -2.30. The number of thiophene rings is 1. The Morgan fingerprint density at radius 1 is 1.23 bits per heavy atom. The molecule has 26 heavy (non-hydrogen) atoms. The first-order valence-corrected chi connectivity index (χ1v) is 10.6. The van der Waals surface area contributed by atoms with Crippen molar-refractivity contribution < 1.29 is 15.1 Å². The Kier molecular flexibility index (Phi) is 6.38. The van der Waals surface area contributed by atoms with Crippen molar-refractivity contribution >= 4 is 34.6 Å². The molecule has 2 saturated carbocycles. The monoisotopic (exact) mass is 398 g/mol. The van der Waals surface area contributed by atoms with Gasteiger partial charge in [0.1, 0.15) is 0 Å². The molecule has 0 radical (unpaired) electrons. The Bertz CT molecular complexity index is 665. The lowest BCUT2D eigenvalue weighted by atomic mass is 9.76. The summed E-state index contributed by atoms with van der Waals surface area (Å²) in [7, 11) is 0. The van der Waals surface area contributed by atoms with Gasteiger partial charge in [0.2, 0.25) is 5.91 Å². The van der Waals surface area contributed by atoms with Gasteiger partial charge in [0.15, 0.2) is 5.78 Å². The number of Topliss-reactive ketones (excluding diaryl/α,β-unsaturated/α-hetero) is 1. The van der Waals surface area contributed by atoms with E-state index in [-0.39, 0.29) is 29.8 Å². The zero-order chi connectivity index (χ0) is 17.4. The number of hydrogen-bond acceptors (Lipinski definition) is 4. The molecule has 5 nitrogen and oxygen atoms in total. The zero-order valence-corrected chi connectivity index (χ0v) is 16.5. The Morgan fingerprint density at radius 2 is 2.04 bits per heavy atom. The molecule has 4 rings (SSSR count).